The van der Waals surface area contributed by atoms with Crippen molar-refractivity contribution in [3.8, 4) is 0 Å². The average Bonchev–Trinajstić information content (AvgIpc) is 2.65. The van der Waals surface area contributed by atoms with Crippen molar-refractivity contribution in [1.29, 1.82) is 0 Å². The Labute approximate surface area is 120 Å². The van der Waals surface area contributed by atoms with Crippen molar-refractivity contribution in [3.63, 3.8) is 0 Å². The minimum Gasteiger partial charge on any atom is -0.327 e. The van der Waals surface area contributed by atoms with E-state index in [-0.39, 0.29) is 17.8 Å². The third kappa shape index (κ3) is 4.19. The topological polar surface area (TPSA) is 42.2 Å². The molecular formula is C13H24ClN3S. The highest BCUT2D eigenvalue weighted by atomic mass is 35.5. The molecule has 1 aliphatic heterocycles. The summed E-state index contributed by atoms with van der Waals surface area (Å²) in [7, 11) is 0. The fraction of sp³-hybridized carbons (Fsp3) is 0.769. The van der Waals surface area contributed by atoms with Crippen LogP contribution in [0.25, 0.3) is 0 Å². The first-order valence-corrected chi connectivity index (χ1v) is 7.26. The lowest BCUT2D eigenvalue weighted by Gasteiger charge is -2.29. The number of hydrogen-bond acceptors (Lipinski definition) is 4. The fourth-order valence-corrected chi connectivity index (χ4v) is 3.09. The number of nitrogens with two attached hydrogens (primary N) is 1. The number of hydrogen-bond donors (Lipinski definition) is 1. The highest BCUT2D eigenvalue weighted by molar-refractivity contribution is 7.09. The predicted molar refractivity (Wildman–Crippen MR) is 80.5 cm³/mol. The highest BCUT2D eigenvalue weighted by Crippen LogP contribution is 2.26. The maximum Gasteiger partial charge on any atom is 0.0982 e. The molecule has 2 rings (SSSR count). The molecule has 5 heteroatoms. The lowest BCUT2D eigenvalue weighted by Crippen LogP contribution is -2.42. The number of halogens is 1. The molecule has 104 valence electrons. The van der Waals surface area contributed by atoms with Gasteiger partial charge in [-0.15, -0.1) is 23.7 Å². The predicted octanol–water partition coefficient (Wildman–Crippen LogP) is 2.79. The van der Waals surface area contributed by atoms with Crippen LogP contribution in [0.3, 0.4) is 0 Å². The van der Waals surface area contributed by atoms with E-state index in [0.29, 0.717) is 6.04 Å². The molecule has 1 aromatic heterocycles. The number of aromatic nitrogens is 1. The summed E-state index contributed by atoms with van der Waals surface area (Å²) in [6.07, 6.45) is 2.39. The monoisotopic (exact) mass is 289 g/mol. The van der Waals surface area contributed by atoms with E-state index in [1.54, 1.807) is 11.3 Å². The third-order valence-corrected chi connectivity index (χ3v) is 4.44. The first-order chi connectivity index (χ1) is 7.95. The van der Waals surface area contributed by atoms with Crippen LogP contribution in [0.2, 0.25) is 0 Å². The van der Waals surface area contributed by atoms with E-state index in [1.807, 2.05) is 0 Å². The van der Waals surface area contributed by atoms with Gasteiger partial charge in [0, 0.05) is 29.9 Å². The molecule has 2 N–H and O–H groups in total. The molecule has 0 aromatic carbocycles. The summed E-state index contributed by atoms with van der Waals surface area (Å²) < 4.78 is 0. The maximum atomic E-state index is 5.99. The van der Waals surface area contributed by atoms with Crippen molar-refractivity contribution in [3.05, 3.63) is 16.1 Å². The molecule has 0 saturated carbocycles. The van der Waals surface area contributed by atoms with Crippen molar-refractivity contribution >= 4 is 23.7 Å². The van der Waals surface area contributed by atoms with Crippen LogP contribution in [0.4, 0.5) is 0 Å². The van der Waals surface area contributed by atoms with Gasteiger partial charge in [-0.25, -0.2) is 4.98 Å². The second kappa shape index (κ2) is 6.33. The minimum atomic E-state index is 0. The summed E-state index contributed by atoms with van der Waals surface area (Å²) in [5.74, 6) is 0. The van der Waals surface area contributed by atoms with Crippen LogP contribution in [0, 0.1) is 0 Å². The molecule has 0 amide bonds. The second-order valence-electron chi connectivity index (χ2n) is 6.03. The number of thiazole rings is 1. The first kappa shape index (κ1) is 15.9. The van der Waals surface area contributed by atoms with Crippen LogP contribution in [0.15, 0.2) is 5.38 Å². The first-order valence-electron chi connectivity index (χ1n) is 6.38. The molecular weight excluding hydrogens is 266 g/mol. The van der Waals surface area contributed by atoms with Crippen LogP contribution in [0.1, 0.15) is 44.3 Å². The lowest BCUT2D eigenvalue weighted by molar-refractivity contribution is 0.199. The molecule has 1 fully saturated rings. The van der Waals surface area contributed by atoms with Crippen molar-refractivity contribution in [2.75, 3.05) is 13.1 Å². The summed E-state index contributed by atoms with van der Waals surface area (Å²) in [5, 5.41) is 3.43. The Bertz CT molecular complexity index is 373. The standard InChI is InChI=1S/C13H23N3S.ClH/c1-13(2,3)12-15-11(9-17-12)8-16-6-4-5-10(14)7-16;/h9-10H,4-8,14H2,1-3H3;1H/t10-;/m1./s1. The van der Waals surface area contributed by atoms with Gasteiger partial charge in [-0.05, 0) is 19.4 Å². The van der Waals surface area contributed by atoms with E-state index < -0.39 is 0 Å². The van der Waals surface area contributed by atoms with Crippen molar-refractivity contribution < 1.29 is 0 Å². The van der Waals surface area contributed by atoms with Crippen LogP contribution in [0.5, 0.6) is 0 Å². The van der Waals surface area contributed by atoms with Gasteiger partial charge in [0.1, 0.15) is 0 Å². The van der Waals surface area contributed by atoms with Gasteiger partial charge in [-0.3, -0.25) is 4.90 Å². The average molecular weight is 290 g/mol. The van der Waals surface area contributed by atoms with Crippen molar-refractivity contribution in [1.82, 2.24) is 9.88 Å². The zero-order valence-corrected chi connectivity index (χ0v) is 13.1. The normalized spacial score (nSPS) is 21.7. The number of likely N-dealkylation sites (tertiary alicyclic amines) is 1. The van der Waals surface area contributed by atoms with Crippen LogP contribution < -0.4 is 5.73 Å². The van der Waals surface area contributed by atoms with Gasteiger partial charge >= 0.3 is 0 Å². The zero-order chi connectivity index (χ0) is 12.5. The van der Waals surface area contributed by atoms with Crippen LogP contribution in [-0.4, -0.2) is 29.0 Å². The van der Waals surface area contributed by atoms with Gasteiger partial charge < -0.3 is 5.73 Å². The molecule has 18 heavy (non-hydrogen) atoms. The van der Waals surface area contributed by atoms with Gasteiger partial charge in [0.05, 0.1) is 10.7 Å². The largest absolute Gasteiger partial charge is 0.327 e. The molecule has 1 atom stereocenters. The molecule has 0 bridgehead atoms. The summed E-state index contributed by atoms with van der Waals surface area (Å²) in [5.41, 5.74) is 7.36. The van der Waals surface area contributed by atoms with Gasteiger partial charge in [0.2, 0.25) is 0 Å². The van der Waals surface area contributed by atoms with Crippen molar-refractivity contribution in [2.24, 2.45) is 5.73 Å². The molecule has 1 saturated heterocycles. The minimum absolute atomic E-state index is 0. The van der Waals surface area contributed by atoms with Gasteiger partial charge in [0.25, 0.3) is 0 Å². The van der Waals surface area contributed by atoms with E-state index in [4.69, 9.17) is 10.7 Å². The summed E-state index contributed by atoms with van der Waals surface area (Å²) in [6.45, 7) is 9.78. The van der Waals surface area contributed by atoms with E-state index in [0.717, 1.165) is 19.6 Å². The Kier molecular flexibility index (Phi) is 5.59. The van der Waals surface area contributed by atoms with Gasteiger partial charge in [0.15, 0.2) is 0 Å². The maximum absolute atomic E-state index is 5.99. The number of piperidine rings is 1. The van der Waals surface area contributed by atoms with E-state index in [2.05, 4.69) is 31.1 Å². The molecule has 3 nitrogen and oxygen atoms in total. The molecule has 0 unspecified atom stereocenters. The number of rotatable bonds is 2. The van der Waals surface area contributed by atoms with E-state index in [9.17, 15) is 0 Å². The summed E-state index contributed by atoms with van der Waals surface area (Å²) in [4.78, 5) is 7.16. The molecule has 2 heterocycles. The Hall–Kier alpha value is -0.160. The van der Waals surface area contributed by atoms with E-state index >= 15 is 0 Å². The summed E-state index contributed by atoms with van der Waals surface area (Å²) in [6, 6.07) is 0.351. The molecule has 0 aliphatic carbocycles. The Morgan fingerprint density at radius 2 is 2.22 bits per heavy atom. The van der Waals surface area contributed by atoms with Crippen LogP contribution in [-0.2, 0) is 12.0 Å². The van der Waals surface area contributed by atoms with Gasteiger partial charge in [-0.1, -0.05) is 20.8 Å². The highest BCUT2D eigenvalue weighted by Gasteiger charge is 2.20. The lowest BCUT2D eigenvalue weighted by atomic mass is 9.98. The fourth-order valence-electron chi connectivity index (χ4n) is 2.19. The zero-order valence-electron chi connectivity index (χ0n) is 11.5. The smallest absolute Gasteiger partial charge is 0.0982 e. The third-order valence-electron chi connectivity index (χ3n) is 3.12. The molecule has 0 radical (unpaired) electrons. The molecule has 1 aromatic rings. The van der Waals surface area contributed by atoms with Crippen LogP contribution >= 0.6 is 23.7 Å². The second-order valence-corrected chi connectivity index (χ2v) is 6.89. The van der Waals surface area contributed by atoms with Crippen molar-refractivity contribution in [2.45, 2.75) is 51.6 Å². The quantitative estimate of drug-likeness (QED) is 0.910. The number of nitrogens with zero attached hydrogens (tertiary/aromatic N) is 2. The Balaban J connectivity index is 0.00000162. The SMILES string of the molecule is CC(C)(C)c1nc(CN2CCC[C@@H](N)C2)cs1.Cl. The summed E-state index contributed by atoms with van der Waals surface area (Å²) >= 11 is 1.78. The van der Waals surface area contributed by atoms with Gasteiger partial charge in [-0.2, -0.15) is 0 Å². The van der Waals surface area contributed by atoms with E-state index in [1.165, 1.54) is 23.5 Å². The Morgan fingerprint density at radius 3 is 2.78 bits per heavy atom. The Morgan fingerprint density at radius 1 is 1.50 bits per heavy atom. The molecule has 0 spiro atoms. The molecule has 1 aliphatic rings.